The Kier molecular flexibility index (Phi) is 5.60. The van der Waals surface area contributed by atoms with Crippen LogP contribution < -0.4 is 5.32 Å². The van der Waals surface area contributed by atoms with E-state index < -0.39 is 17.4 Å². The van der Waals surface area contributed by atoms with Gasteiger partial charge in [-0.05, 0) is 30.3 Å². The highest BCUT2D eigenvalue weighted by molar-refractivity contribution is 7.99. The molecule has 0 unspecified atom stereocenters. The van der Waals surface area contributed by atoms with E-state index in [-0.39, 0.29) is 39.6 Å². The average Bonchev–Trinajstić information content (AvgIpc) is 3.08. The van der Waals surface area contributed by atoms with Crippen LogP contribution in [-0.2, 0) is 4.79 Å². The number of nitrogens with one attached hydrogen (secondary N) is 1. The predicted octanol–water partition coefficient (Wildman–Crippen LogP) is 3.95. The fourth-order valence-corrected chi connectivity index (χ4v) is 2.89. The van der Waals surface area contributed by atoms with E-state index in [4.69, 9.17) is 4.42 Å². The van der Waals surface area contributed by atoms with E-state index in [0.29, 0.717) is 0 Å². The second kappa shape index (κ2) is 8.09. The van der Waals surface area contributed by atoms with Gasteiger partial charge >= 0.3 is 0 Å². The van der Waals surface area contributed by atoms with Crippen molar-refractivity contribution in [2.45, 2.75) is 12.1 Å². The van der Waals surface area contributed by atoms with Crippen LogP contribution in [0.2, 0.25) is 0 Å². The van der Waals surface area contributed by atoms with Crippen molar-refractivity contribution in [3.63, 3.8) is 0 Å². The van der Waals surface area contributed by atoms with Crippen molar-refractivity contribution in [1.82, 2.24) is 10.2 Å². The summed E-state index contributed by atoms with van der Waals surface area (Å²) in [5.74, 6) is -2.23. The molecule has 9 heteroatoms. The summed E-state index contributed by atoms with van der Waals surface area (Å²) < 4.78 is 33.1. The summed E-state index contributed by atoms with van der Waals surface area (Å²) in [4.78, 5) is 23.2. The van der Waals surface area contributed by atoms with E-state index in [1.54, 1.807) is 6.07 Å². The number of thioether (sulfide) groups is 1. The Hall–Kier alpha value is -3.07. The van der Waals surface area contributed by atoms with Crippen molar-refractivity contribution in [2.24, 2.45) is 0 Å². The quantitative estimate of drug-likeness (QED) is 0.508. The number of halogens is 2. The second-order valence-electron chi connectivity index (χ2n) is 5.44. The highest BCUT2D eigenvalue weighted by atomic mass is 32.2. The van der Waals surface area contributed by atoms with E-state index >= 15 is 0 Å². The van der Waals surface area contributed by atoms with Gasteiger partial charge in [0.2, 0.25) is 5.91 Å². The fraction of sp³-hybridized carbons (Fsp3) is 0.111. The van der Waals surface area contributed by atoms with Gasteiger partial charge in [-0.1, -0.05) is 23.9 Å². The lowest BCUT2D eigenvalue weighted by molar-refractivity contribution is -0.114. The molecule has 138 valence electrons. The van der Waals surface area contributed by atoms with Crippen LogP contribution in [0.5, 0.6) is 0 Å². The molecule has 0 saturated heterocycles. The monoisotopic (exact) mass is 389 g/mol. The van der Waals surface area contributed by atoms with Gasteiger partial charge in [-0.3, -0.25) is 9.59 Å². The van der Waals surface area contributed by atoms with E-state index in [9.17, 15) is 18.4 Å². The van der Waals surface area contributed by atoms with Gasteiger partial charge in [0.25, 0.3) is 11.1 Å². The maximum Gasteiger partial charge on any atom is 0.277 e. The zero-order chi connectivity index (χ0) is 19.4. The summed E-state index contributed by atoms with van der Waals surface area (Å²) in [5, 5.41) is 10.0. The Bertz CT molecular complexity index is 1010. The Morgan fingerprint density at radius 1 is 1.11 bits per heavy atom. The third-order valence-corrected chi connectivity index (χ3v) is 4.25. The molecule has 1 heterocycles. The van der Waals surface area contributed by atoms with E-state index in [1.165, 1.54) is 37.3 Å². The normalized spacial score (nSPS) is 10.6. The molecule has 1 N–H and O–H groups in total. The van der Waals surface area contributed by atoms with E-state index in [2.05, 4.69) is 15.5 Å². The lowest BCUT2D eigenvalue weighted by Crippen LogP contribution is -2.09. The van der Waals surface area contributed by atoms with Crippen LogP contribution in [0.25, 0.3) is 11.5 Å². The van der Waals surface area contributed by atoms with E-state index in [0.717, 1.165) is 17.8 Å². The summed E-state index contributed by atoms with van der Waals surface area (Å²) in [6.07, 6.45) is 0. The average molecular weight is 389 g/mol. The number of nitrogens with zero attached hydrogens (tertiary/aromatic N) is 2. The minimum atomic E-state index is -0.746. The van der Waals surface area contributed by atoms with E-state index in [1.807, 2.05) is 0 Å². The highest BCUT2D eigenvalue weighted by Crippen LogP contribution is 2.26. The molecular formula is C18H13F2N3O3S. The smallest absolute Gasteiger partial charge is 0.277 e. The number of carbonyl (C=O) groups is 2. The van der Waals surface area contributed by atoms with Crippen LogP contribution in [0.15, 0.2) is 52.1 Å². The first kappa shape index (κ1) is 18.7. The van der Waals surface area contributed by atoms with Gasteiger partial charge in [0, 0.05) is 12.6 Å². The number of carbonyl (C=O) groups excluding carboxylic acids is 2. The summed E-state index contributed by atoms with van der Waals surface area (Å²) in [5.41, 5.74) is 0.295. The standard InChI is InChI=1S/C18H13F2N3O3S/c1-10(24)21-11-6-7-12(15(20)8-11)16(25)9-27-18-23-22-17(26-18)13-4-2-3-5-14(13)19/h2-8H,9H2,1H3,(H,21,24). The minimum Gasteiger partial charge on any atom is -0.411 e. The lowest BCUT2D eigenvalue weighted by Gasteiger charge is -2.05. The van der Waals surface area contributed by atoms with Gasteiger partial charge in [-0.15, -0.1) is 10.2 Å². The van der Waals surface area contributed by atoms with Crippen LogP contribution >= 0.6 is 11.8 Å². The third-order valence-electron chi connectivity index (χ3n) is 3.43. The van der Waals surface area contributed by atoms with Gasteiger partial charge < -0.3 is 9.73 Å². The van der Waals surface area contributed by atoms with Crippen LogP contribution in [0.1, 0.15) is 17.3 Å². The van der Waals surface area contributed by atoms with Crippen molar-refractivity contribution < 1.29 is 22.8 Å². The number of hydrogen-bond acceptors (Lipinski definition) is 6. The number of ketones is 1. The van der Waals surface area contributed by atoms with Crippen molar-refractivity contribution in [3.05, 3.63) is 59.7 Å². The lowest BCUT2D eigenvalue weighted by atomic mass is 10.1. The number of rotatable bonds is 6. The number of benzene rings is 2. The Morgan fingerprint density at radius 2 is 1.89 bits per heavy atom. The maximum atomic E-state index is 14.1. The van der Waals surface area contributed by atoms with Gasteiger partial charge in [-0.2, -0.15) is 0 Å². The first-order valence-electron chi connectivity index (χ1n) is 7.75. The topological polar surface area (TPSA) is 85.1 Å². The SMILES string of the molecule is CC(=O)Nc1ccc(C(=O)CSc2nnc(-c3ccccc3F)o2)c(F)c1. The summed E-state index contributed by atoms with van der Waals surface area (Å²) in [6, 6.07) is 9.73. The molecule has 0 saturated carbocycles. The number of aromatic nitrogens is 2. The van der Waals surface area contributed by atoms with Crippen molar-refractivity contribution in [1.29, 1.82) is 0 Å². The molecule has 3 rings (SSSR count). The molecule has 0 fully saturated rings. The molecule has 0 spiro atoms. The van der Waals surface area contributed by atoms with Crippen molar-refractivity contribution >= 4 is 29.1 Å². The molecule has 2 aromatic carbocycles. The summed E-state index contributed by atoms with van der Waals surface area (Å²) >= 11 is 0.920. The molecule has 0 atom stereocenters. The Morgan fingerprint density at radius 3 is 2.59 bits per heavy atom. The maximum absolute atomic E-state index is 14.1. The predicted molar refractivity (Wildman–Crippen MR) is 95.5 cm³/mol. The zero-order valence-corrected chi connectivity index (χ0v) is 14.8. The zero-order valence-electron chi connectivity index (χ0n) is 14.0. The molecule has 27 heavy (non-hydrogen) atoms. The molecule has 0 bridgehead atoms. The molecule has 0 aliphatic heterocycles. The van der Waals surface area contributed by atoms with Gasteiger partial charge in [0.15, 0.2) is 5.78 Å². The third kappa shape index (κ3) is 4.56. The van der Waals surface area contributed by atoms with Crippen molar-refractivity contribution in [3.8, 4) is 11.5 Å². The first-order valence-corrected chi connectivity index (χ1v) is 8.74. The van der Waals surface area contributed by atoms with Crippen LogP contribution in [0.3, 0.4) is 0 Å². The molecule has 6 nitrogen and oxygen atoms in total. The molecule has 0 aliphatic carbocycles. The van der Waals surface area contributed by atoms with Crippen LogP contribution in [0, 0.1) is 11.6 Å². The molecule has 3 aromatic rings. The molecular weight excluding hydrogens is 376 g/mol. The molecule has 0 radical (unpaired) electrons. The van der Waals surface area contributed by atoms with Gasteiger partial charge in [-0.25, -0.2) is 8.78 Å². The largest absolute Gasteiger partial charge is 0.411 e. The number of Topliss-reactive ketones (excluding diaryl/α,β-unsaturated/α-hetero) is 1. The number of anilines is 1. The van der Waals surface area contributed by atoms with Crippen LogP contribution in [0.4, 0.5) is 14.5 Å². The second-order valence-corrected chi connectivity index (χ2v) is 6.37. The van der Waals surface area contributed by atoms with Crippen LogP contribution in [-0.4, -0.2) is 27.6 Å². The highest BCUT2D eigenvalue weighted by Gasteiger charge is 2.17. The first-order chi connectivity index (χ1) is 12.9. The summed E-state index contributed by atoms with van der Waals surface area (Å²) in [7, 11) is 0. The van der Waals surface area contributed by atoms with Crippen molar-refractivity contribution in [2.75, 3.05) is 11.1 Å². The molecule has 0 aliphatic rings. The van der Waals surface area contributed by atoms with Gasteiger partial charge in [0.05, 0.1) is 16.9 Å². The fourth-order valence-electron chi connectivity index (χ4n) is 2.24. The Labute approximate surface area is 157 Å². The number of hydrogen-bond donors (Lipinski definition) is 1. The summed E-state index contributed by atoms with van der Waals surface area (Å²) in [6.45, 7) is 1.30. The molecule has 1 amide bonds. The minimum absolute atomic E-state index is 0.00566. The molecule has 1 aromatic heterocycles. The van der Waals surface area contributed by atoms with Gasteiger partial charge in [0.1, 0.15) is 11.6 Å². The Balaban J connectivity index is 1.66. The number of amides is 1.